The molecule has 0 aliphatic carbocycles. The lowest BCUT2D eigenvalue weighted by molar-refractivity contribution is -1.02. The Balaban J connectivity index is 1.77. The molecular weight excluding hydrogens is 382 g/mol. The molecule has 4 nitrogen and oxygen atoms in total. The minimum atomic E-state index is 0.169. The standard InChI is InChI=1S/C27H29N3O/c1-20-12-14-22(15-13-20)26(29-18-16-28(2)17-19-29)25-23-10-6-7-11-24(23)30(31)27(25)21-8-4-3-5-9-21/h3-15,26,31H,16-19H2,1-2H3/p+2/t26-/m0/s1. The molecule has 3 N–H and O–H groups in total. The van der Waals surface area contributed by atoms with Crippen molar-refractivity contribution >= 4 is 10.9 Å². The molecule has 0 radical (unpaired) electrons. The van der Waals surface area contributed by atoms with Crippen molar-refractivity contribution in [3.8, 4) is 11.3 Å². The largest absolute Gasteiger partial charge is 0.428 e. The Labute approximate surface area is 183 Å². The Bertz CT molecular complexity index is 1170. The van der Waals surface area contributed by atoms with Gasteiger partial charge in [0.1, 0.15) is 32.2 Å². The summed E-state index contributed by atoms with van der Waals surface area (Å²) in [4.78, 5) is 3.17. The number of para-hydroxylation sites is 1. The minimum Gasteiger partial charge on any atom is -0.428 e. The molecule has 0 amide bonds. The molecule has 1 aromatic heterocycles. The first-order chi connectivity index (χ1) is 15.1. The Hall–Kier alpha value is -3.08. The number of piperazine rings is 1. The second-order valence-electron chi connectivity index (χ2n) is 8.92. The molecule has 4 aromatic rings. The number of fused-ring (bicyclic) bond motifs is 1. The molecular formula is C27H31N3O+2. The van der Waals surface area contributed by atoms with Gasteiger partial charge >= 0.3 is 0 Å². The van der Waals surface area contributed by atoms with Crippen molar-refractivity contribution in [3.63, 3.8) is 0 Å². The lowest BCUT2D eigenvalue weighted by Gasteiger charge is -2.34. The van der Waals surface area contributed by atoms with Crippen molar-refractivity contribution in [3.05, 3.63) is 95.6 Å². The second-order valence-corrected chi connectivity index (χ2v) is 8.92. The van der Waals surface area contributed by atoms with Crippen LogP contribution in [0.1, 0.15) is 22.7 Å². The first kappa shape index (κ1) is 19.9. The fourth-order valence-electron chi connectivity index (χ4n) is 5.07. The molecule has 0 spiro atoms. The summed E-state index contributed by atoms with van der Waals surface area (Å²) < 4.78 is 1.40. The van der Waals surface area contributed by atoms with E-state index in [0.29, 0.717) is 0 Å². The number of aryl methyl sites for hydroxylation is 1. The third kappa shape index (κ3) is 3.62. The van der Waals surface area contributed by atoms with Crippen molar-refractivity contribution in [2.24, 2.45) is 0 Å². The number of hydrogen-bond acceptors (Lipinski definition) is 1. The van der Waals surface area contributed by atoms with Crippen LogP contribution in [0, 0.1) is 6.92 Å². The first-order valence-corrected chi connectivity index (χ1v) is 11.2. The molecule has 158 valence electrons. The number of quaternary nitrogens is 2. The van der Waals surface area contributed by atoms with Crippen LogP contribution >= 0.6 is 0 Å². The number of hydrogen-bond donors (Lipinski definition) is 3. The van der Waals surface area contributed by atoms with Crippen LogP contribution in [0.5, 0.6) is 0 Å². The fraction of sp³-hybridized carbons (Fsp3) is 0.259. The zero-order valence-corrected chi connectivity index (χ0v) is 18.3. The average Bonchev–Trinajstić information content (AvgIpc) is 3.09. The summed E-state index contributed by atoms with van der Waals surface area (Å²) in [5.74, 6) is 0. The van der Waals surface area contributed by atoms with Gasteiger partial charge in [0.05, 0.1) is 23.8 Å². The zero-order chi connectivity index (χ0) is 21.4. The van der Waals surface area contributed by atoms with Gasteiger partial charge in [-0.05, 0) is 13.0 Å². The van der Waals surface area contributed by atoms with Gasteiger partial charge in [0.25, 0.3) is 0 Å². The van der Waals surface area contributed by atoms with Gasteiger partial charge < -0.3 is 15.0 Å². The molecule has 0 unspecified atom stereocenters. The Morgan fingerprint density at radius 2 is 1.45 bits per heavy atom. The highest BCUT2D eigenvalue weighted by molar-refractivity contribution is 5.92. The van der Waals surface area contributed by atoms with Crippen molar-refractivity contribution in [2.75, 3.05) is 33.2 Å². The number of likely N-dealkylation sites (N-methyl/N-ethyl adjacent to an activating group) is 1. The van der Waals surface area contributed by atoms with Crippen LogP contribution in [0.15, 0.2) is 78.9 Å². The van der Waals surface area contributed by atoms with E-state index in [1.54, 1.807) is 9.80 Å². The van der Waals surface area contributed by atoms with Gasteiger partial charge in [0.15, 0.2) is 0 Å². The van der Waals surface area contributed by atoms with E-state index < -0.39 is 0 Å². The van der Waals surface area contributed by atoms with E-state index in [0.717, 1.165) is 48.3 Å². The monoisotopic (exact) mass is 413 g/mol. The summed E-state index contributed by atoms with van der Waals surface area (Å²) in [5.41, 5.74) is 6.64. The molecule has 1 saturated heterocycles. The summed E-state index contributed by atoms with van der Waals surface area (Å²) >= 11 is 0. The number of rotatable bonds is 4. The number of nitrogens with one attached hydrogen (secondary N) is 2. The Morgan fingerprint density at radius 1 is 0.806 bits per heavy atom. The molecule has 1 aliphatic heterocycles. The molecule has 1 aliphatic rings. The van der Waals surface area contributed by atoms with E-state index in [9.17, 15) is 5.21 Å². The highest BCUT2D eigenvalue weighted by Crippen LogP contribution is 2.38. The molecule has 2 heterocycles. The van der Waals surface area contributed by atoms with Crippen molar-refractivity contribution in [2.45, 2.75) is 13.0 Å². The molecule has 31 heavy (non-hydrogen) atoms. The second kappa shape index (κ2) is 8.22. The number of benzene rings is 3. The number of nitrogens with zero attached hydrogens (tertiary/aromatic N) is 1. The van der Waals surface area contributed by atoms with Crippen LogP contribution in [-0.2, 0) is 0 Å². The molecule has 0 saturated carbocycles. The van der Waals surface area contributed by atoms with Gasteiger partial charge in [-0.1, -0.05) is 78.4 Å². The van der Waals surface area contributed by atoms with E-state index in [1.165, 1.54) is 21.4 Å². The maximum atomic E-state index is 11.3. The van der Waals surface area contributed by atoms with Crippen LogP contribution in [0.4, 0.5) is 0 Å². The minimum absolute atomic E-state index is 0.169. The fourth-order valence-corrected chi connectivity index (χ4v) is 5.07. The van der Waals surface area contributed by atoms with Gasteiger partial charge in [-0.15, -0.1) is 0 Å². The maximum absolute atomic E-state index is 11.3. The van der Waals surface area contributed by atoms with E-state index in [4.69, 9.17) is 0 Å². The van der Waals surface area contributed by atoms with E-state index in [1.807, 2.05) is 30.3 Å². The summed E-state index contributed by atoms with van der Waals surface area (Å²) in [5, 5.41) is 12.4. The smallest absolute Gasteiger partial charge is 0.142 e. The van der Waals surface area contributed by atoms with Crippen molar-refractivity contribution in [1.29, 1.82) is 0 Å². The topological polar surface area (TPSA) is 34.0 Å². The SMILES string of the molecule is Cc1ccc([C@@H](c2c(-c3ccccc3)n(O)c3ccccc23)[NH+]2CC[NH+](C)CC2)cc1. The molecule has 3 aromatic carbocycles. The highest BCUT2D eigenvalue weighted by Gasteiger charge is 2.36. The molecule has 1 atom stereocenters. The first-order valence-electron chi connectivity index (χ1n) is 11.2. The Morgan fingerprint density at radius 3 is 2.16 bits per heavy atom. The molecule has 1 fully saturated rings. The lowest BCUT2D eigenvalue weighted by Crippen LogP contribution is -3.27. The quantitative estimate of drug-likeness (QED) is 0.441. The normalized spacial score (nSPS) is 20.1. The summed E-state index contributed by atoms with van der Waals surface area (Å²) in [6.45, 7) is 6.69. The summed E-state index contributed by atoms with van der Waals surface area (Å²) in [6, 6.07) is 27.7. The zero-order valence-electron chi connectivity index (χ0n) is 18.3. The van der Waals surface area contributed by atoms with Crippen molar-refractivity contribution in [1.82, 2.24) is 4.73 Å². The third-order valence-electron chi connectivity index (χ3n) is 6.79. The predicted molar refractivity (Wildman–Crippen MR) is 125 cm³/mol. The van der Waals surface area contributed by atoms with Gasteiger partial charge in [-0.25, -0.2) is 0 Å². The molecule has 4 heteroatoms. The van der Waals surface area contributed by atoms with Crippen molar-refractivity contribution < 1.29 is 15.0 Å². The third-order valence-corrected chi connectivity index (χ3v) is 6.79. The number of aromatic nitrogens is 1. The summed E-state index contributed by atoms with van der Waals surface area (Å²) in [7, 11) is 2.28. The van der Waals surface area contributed by atoms with Crippen LogP contribution < -0.4 is 9.80 Å². The highest BCUT2D eigenvalue weighted by atomic mass is 16.5. The molecule has 0 bridgehead atoms. The van der Waals surface area contributed by atoms with Crippen LogP contribution in [0.3, 0.4) is 0 Å². The van der Waals surface area contributed by atoms with Crippen LogP contribution in [0.2, 0.25) is 0 Å². The van der Waals surface area contributed by atoms with Gasteiger partial charge in [-0.2, -0.15) is 4.73 Å². The summed E-state index contributed by atoms with van der Waals surface area (Å²) in [6.07, 6.45) is 0. The van der Waals surface area contributed by atoms with Crippen LogP contribution in [-0.4, -0.2) is 43.2 Å². The van der Waals surface area contributed by atoms with Crippen LogP contribution in [0.25, 0.3) is 22.2 Å². The maximum Gasteiger partial charge on any atom is 0.142 e. The Kier molecular flexibility index (Phi) is 5.26. The van der Waals surface area contributed by atoms with E-state index in [2.05, 4.69) is 62.5 Å². The lowest BCUT2D eigenvalue weighted by atomic mass is 9.91. The van der Waals surface area contributed by atoms with Gasteiger partial charge in [-0.3, -0.25) is 0 Å². The predicted octanol–water partition coefficient (Wildman–Crippen LogP) is 2.36. The average molecular weight is 414 g/mol. The van der Waals surface area contributed by atoms with E-state index in [-0.39, 0.29) is 6.04 Å². The molecule has 5 rings (SSSR count). The van der Waals surface area contributed by atoms with Gasteiger partial charge in [0, 0.05) is 16.5 Å². The van der Waals surface area contributed by atoms with E-state index >= 15 is 0 Å². The van der Waals surface area contributed by atoms with Gasteiger partial charge in [0.2, 0.25) is 0 Å².